The lowest BCUT2D eigenvalue weighted by Gasteiger charge is -2.22. The molecule has 6 nitrogen and oxygen atoms in total. The van der Waals surface area contributed by atoms with Gasteiger partial charge in [-0.3, -0.25) is 14.4 Å². The predicted octanol–water partition coefficient (Wildman–Crippen LogP) is 4.18. The van der Waals surface area contributed by atoms with Crippen LogP contribution in [0.5, 0.6) is 5.75 Å². The molecule has 2 aromatic rings. The molecule has 1 atom stereocenters. The molecule has 160 valence electrons. The third kappa shape index (κ3) is 6.44. The molecule has 2 rings (SSSR count). The summed E-state index contributed by atoms with van der Waals surface area (Å²) >= 11 is 0. The molecular formula is C24H28O6. The van der Waals surface area contributed by atoms with Crippen molar-refractivity contribution < 1.29 is 28.6 Å². The smallest absolute Gasteiger partial charge is 0.320 e. The molecule has 1 unspecified atom stereocenters. The van der Waals surface area contributed by atoms with Crippen LogP contribution in [0.3, 0.4) is 0 Å². The van der Waals surface area contributed by atoms with Gasteiger partial charge in [-0.1, -0.05) is 42.5 Å². The zero-order valence-electron chi connectivity index (χ0n) is 17.6. The van der Waals surface area contributed by atoms with Crippen LogP contribution < -0.4 is 4.74 Å². The molecule has 0 aliphatic carbocycles. The first-order valence-electron chi connectivity index (χ1n) is 10.1. The summed E-state index contributed by atoms with van der Waals surface area (Å²) in [5.74, 6) is -2.13. The Morgan fingerprint density at radius 3 is 1.90 bits per heavy atom. The van der Waals surface area contributed by atoms with Crippen LogP contribution in [0.4, 0.5) is 0 Å². The second kappa shape index (κ2) is 11.8. The number of hydrogen-bond acceptors (Lipinski definition) is 6. The first kappa shape index (κ1) is 23.1. The lowest BCUT2D eigenvalue weighted by Crippen LogP contribution is -2.30. The molecule has 0 aliphatic heterocycles. The van der Waals surface area contributed by atoms with Crippen LogP contribution in [0.1, 0.15) is 48.5 Å². The summed E-state index contributed by atoms with van der Waals surface area (Å²) in [4.78, 5) is 37.8. The minimum atomic E-state index is -1.10. The summed E-state index contributed by atoms with van der Waals surface area (Å²) < 4.78 is 15.4. The number of Topliss-reactive ketones (excluding diaryl/α,β-unsaturated/α-hetero) is 1. The van der Waals surface area contributed by atoms with Crippen molar-refractivity contribution in [2.75, 3.05) is 20.3 Å². The molecule has 0 fully saturated rings. The molecular weight excluding hydrogens is 384 g/mol. The molecule has 0 saturated carbocycles. The minimum absolute atomic E-state index is 0.0668. The van der Waals surface area contributed by atoms with Crippen molar-refractivity contribution in [3.05, 3.63) is 65.7 Å². The zero-order valence-corrected chi connectivity index (χ0v) is 17.6. The fourth-order valence-electron chi connectivity index (χ4n) is 3.24. The van der Waals surface area contributed by atoms with Gasteiger partial charge in [0.1, 0.15) is 5.75 Å². The van der Waals surface area contributed by atoms with E-state index in [1.54, 1.807) is 57.4 Å². The highest BCUT2D eigenvalue weighted by molar-refractivity contribution is 5.97. The van der Waals surface area contributed by atoms with Crippen molar-refractivity contribution in [1.29, 1.82) is 0 Å². The summed E-state index contributed by atoms with van der Waals surface area (Å²) in [6.45, 7) is 3.68. The van der Waals surface area contributed by atoms with Crippen LogP contribution >= 0.6 is 0 Å². The van der Waals surface area contributed by atoms with Gasteiger partial charge in [0, 0.05) is 12.0 Å². The lowest BCUT2D eigenvalue weighted by atomic mass is 9.84. The number of rotatable bonds is 11. The average Bonchev–Trinajstić information content (AvgIpc) is 2.77. The van der Waals surface area contributed by atoms with E-state index in [-0.39, 0.29) is 37.8 Å². The molecule has 0 spiro atoms. The highest BCUT2D eigenvalue weighted by Gasteiger charge is 2.33. The highest BCUT2D eigenvalue weighted by atomic mass is 16.6. The van der Waals surface area contributed by atoms with Crippen LogP contribution in [0.2, 0.25) is 0 Å². The number of ketones is 1. The van der Waals surface area contributed by atoms with Gasteiger partial charge in [-0.25, -0.2) is 0 Å². The summed E-state index contributed by atoms with van der Waals surface area (Å²) in [6, 6.07) is 16.2. The van der Waals surface area contributed by atoms with Crippen LogP contribution in [0.25, 0.3) is 0 Å². The lowest BCUT2D eigenvalue weighted by molar-refractivity contribution is -0.162. The molecule has 0 aliphatic rings. The summed E-state index contributed by atoms with van der Waals surface area (Å²) in [5, 5.41) is 0. The number of ether oxygens (including phenoxy) is 3. The third-order valence-electron chi connectivity index (χ3n) is 4.78. The van der Waals surface area contributed by atoms with Crippen molar-refractivity contribution in [2.45, 2.75) is 32.6 Å². The SMILES string of the molecule is CCOC(=O)C(CC(CC(=O)c1ccccc1)c1ccc(OC)cc1)C(=O)OCC. The Hall–Kier alpha value is -3.15. The van der Waals surface area contributed by atoms with Crippen molar-refractivity contribution in [3.8, 4) is 5.75 Å². The van der Waals surface area contributed by atoms with Gasteiger partial charge in [-0.2, -0.15) is 0 Å². The third-order valence-corrected chi connectivity index (χ3v) is 4.78. The van der Waals surface area contributed by atoms with Gasteiger partial charge < -0.3 is 14.2 Å². The minimum Gasteiger partial charge on any atom is -0.497 e. The van der Waals surface area contributed by atoms with E-state index >= 15 is 0 Å². The van der Waals surface area contributed by atoms with Crippen molar-refractivity contribution in [3.63, 3.8) is 0 Å². The van der Waals surface area contributed by atoms with Crippen molar-refractivity contribution >= 4 is 17.7 Å². The Bertz CT molecular complexity index is 811. The summed E-state index contributed by atoms with van der Waals surface area (Å²) in [5.41, 5.74) is 1.42. The summed E-state index contributed by atoms with van der Waals surface area (Å²) in [7, 11) is 1.57. The van der Waals surface area contributed by atoms with E-state index in [1.165, 1.54) is 0 Å². The Morgan fingerprint density at radius 1 is 0.833 bits per heavy atom. The van der Waals surface area contributed by atoms with Crippen LogP contribution in [-0.2, 0) is 19.1 Å². The Morgan fingerprint density at radius 2 is 1.40 bits per heavy atom. The first-order valence-corrected chi connectivity index (χ1v) is 10.1. The van der Waals surface area contributed by atoms with Gasteiger partial charge in [0.05, 0.1) is 20.3 Å². The number of benzene rings is 2. The Kier molecular flexibility index (Phi) is 9.06. The fourth-order valence-corrected chi connectivity index (χ4v) is 3.24. The molecule has 0 heterocycles. The van der Waals surface area contributed by atoms with E-state index in [0.717, 1.165) is 5.56 Å². The van der Waals surface area contributed by atoms with Gasteiger partial charge >= 0.3 is 11.9 Å². The Balaban J connectivity index is 2.33. The molecule has 0 aromatic heterocycles. The van der Waals surface area contributed by atoms with Gasteiger partial charge in [0.25, 0.3) is 0 Å². The molecule has 0 saturated heterocycles. The van der Waals surface area contributed by atoms with E-state index in [1.807, 2.05) is 18.2 Å². The van der Waals surface area contributed by atoms with E-state index in [2.05, 4.69) is 0 Å². The molecule has 0 bridgehead atoms. The highest BCUT2D eigenvalue weighted by Crippen LogP contribution is 2.31. The molecule has 0 N–H and O–H groups in total. The summed E-state index contributed by atoms with van der Waals surface area (Å²) in [6.07, 6.45) is 0.258. The number of esters is 2. The fraction of sp³-hybridized carbons (Fsp3) is 0.375. The number of carbonyl (C=O) groups excluding carboxylic acids is 3. The quantitative estimate of drug-likeness (QED) is 0.313. The van der Waals surface area contributed by atoms with Crippen LogP contribution in [-0.4, -0.2) is 38.0 Å². The van der Waals surface area contributed by atoms with Gasteiger partial charge in [-0.15, -0.1) is 0 Å². The molecule has 0 amide bonds. The standard InChI is InChI=1S/C24H28O6/c1-4-29-23(26)21(24(27)30-5-2)15-19(17-11-13-20(28-3)14-12-17)16-22(25)18-9-7-6-8-10-18/h6-14,19,21H,4-5,15-16H2,1-3H3. The van der Waals surface area contributed by atoms with Gasteiger partial charge in [-0.05, 0) is 43.9 Å². The second-order valence-electron chi connectivity index (χ2n) is 6.76. The number of methoxy groups -OCH3 is 1. The van der Waals surface area contributed by atoms with Crippen LogP contribution in [0.15, 0.2) is 54.6 Å². The second-order valence-corrected chi connectivity index (χ2v) is 6.76. The van der Waals surface area contributed by atoms with Gasteiger partial charge in [0.2, 0.25) is 0 Å². The first-order chi connectivity index (χ1) is 14.5. The number of hydrogen-bond donors (Lipinski definition) is 0. The van der Waals surface area contributed by atoms with E-state index in [9.17, 15) is 14.4 Å². The maximum Gasteiger partial charge on any atom is 0.320 e. The Labute approximate surface area is 177 Å². The van der Waals surface area contributed by atoms with E-state index < -0.39 is 17.9 Å². The van der Waals surface area contributed by atoms with Crippen molar-refractivity contribution in [2.24, 2.45) is 5.92 Å². The molecule has 0 radical (unpaired) electrons. The molecule has 2 aromatic carbocycles. The van der Waals surface area contributed by atoms with Crippen LogP contribution in [0, 0.1) is 5.92 Å². The van der Waals surface area contributed by atoms with Crippen molar-refractivity contribution in [1.82, 2.24) is 0 Å². The van der Waals surface area contributed by atoms with E-state index in [4.69, 9.17) is 14.2 Å². The van der Waals surface area contributed by atoms with E-state index in [0.29, 0.717) is 11.3 Å². The molecule has 30 heavy (non-hydrogen) atoms. The molecule has 6 heteroatoms. The topological polar surface area (TPSA) is 78.9 Å². The zero-order chi connectivity index (χ0) is 21.9. The normalized spacial score (nSPS) is 11.6. The largest absolute Gasteiger partial charge is 0.497 e. The monoisotopic (exact) mass is 412 g/mol. The average molecular weight is 412 g/mol. The maximum atomic E-state index is 12.9. The van der Waals surface area contributed by atoms with Gasteiger partial charge in [0.15, 0.2) is 11.7 Å². The number of carbonyl (C=O) groups is 3. The predicted molar refractivity (Wildman–Crippen MR) is 112 cm³/mol. The maximum absolute atomic E-state index is 12.9.